The van der Waals surface area contributed by atoms with E-state index in [1.54, 1.807) is 0 Å². The molecule has 0 heterocycles. The summed E-state index contributed by atoms with van der Waals surface area (Å²) in [6, 6.07) is 0. The fraction of sp³-hybridized carbons (Fsp3) is 0.857. The third-order valence-electron chi connectivity index (χ3n) is 3.82. The number of carbonyl (C=O) groups excluding carboxylic acids is 2. The van der Waals surface area contributed by atoms with E-state index in [-0.39, 0.29) is 24.7 Å². The Hall–Kier alpha value is -1.04. The quantitative estimate of drug-likeness (QED) is 0.524. The molecule has 1 aliphatic rings. The molecule has 2 radical (unpaired) electrons. The summed E-state index contributed by atoms with van der Waals surface area (Å²) in [5.74, 6) is 0.221. The van der Waals surface area contributed by atoms with Gasteiger partial charge in [-0.25, -0.2) is 0 Å². The number of nitrogens with zero attached hydrogens (tertiary/aromatic N) is 1. The van der Waals surface area contributed by atoms with Gasteiger partial charge in [0.25, 0.3) is 0 Å². The van der Waals surface area contributed by atoms with Gasteiger partial charge in [0.1, 0.15) is 0 Å². The van der Waals surface area contributed by atoms with Gasteiger partial charge in [0.2, 0.25) is 11.8 Å². The normalized spacial score (nSPS) is 16.4. The Labute approximate surface area is 123 Å². The first-order valence-corrected chi connectivity index (χ1v) is 7.62. The van der Waals surface area contributed by atoms with Crippen LogP contribution in [0.15, 0.2) is 0 Å². The van der Waals surface area contributed by atoms with Crippen molar-refractivity contribution in [3.63, 3.8) is 0 Å². The van der Waals surface area contributed by atoms with E-state index in [0.717, 1.165) is 0 Å². The minimum absolute atomic E-state index is 0.0555. The maximum Gasteiger partial charge on any atom is 0.239 e. The maximum atomic E-state index is 11.9. The zero-order valence-electron chi connectivity index (χ0n) is 12.3. The lowest BCUT2D eigenvalue weighted by Crippen LogP contribution is -2.43. The van der Waals surface area contributed by atoms with E-state index < -0.39 is 0 Å². The van der Waals surface area contributed by atoms with Crippen LogP contribution in [-0.2, 0) is 9.59 Å². The molecule has 3 N–H and O–H groups in total. The Morgan fingerprint density at radius 3 is 2.40 bits per heavy atom. The second-order valence-corrected chi connectivity index (χ2v) is 5.47. The van der Waals surface area contributed by atoms with Crippen molar-refractivity contribution in [1.82, 2.24) is 10.2 Å². The zero-order chi connectivity index (χ0) is 14.8. The predicted octanol–water partition coefficient (Wildman–Crippen LogP) is 0.447. The molecule has 1 aliphatic carbocycles. The second kappa shape index (κ2) is 9.80. The van der Waals surface area contributed by atoms with Gasteiger partial charge in [-0.3, -0.25) is 9.59 Å². The summed E-state index contributed by atoms with van der Waals surface area (Å²) in [6.07, 6.45) is 7.41. The van der Waals surface area contributed by atoms with Crippen LogP contribution in [0.5, 0.6) is 0 Å². The van der Waals surface area contributed by atoms with E-state index in [4.69, 9.17) is 13.6 Å². The summed E-state index contributed by atoms with van der Waals surface area (Å²) in [4.78, 5) is 24.9. The lowest BCUT2D eigenvalue weighted by atomic mass is 10.0. The van der Waals surface area contributed by atoms with Crippen LogP contribution in [0, 0.1) is 5.92 Å². The third-order valence-corrected chi connectivity index (χ3v) is 3.82. The van der Waals surface area contributed by atoms with Gasteiger partial charge in [0.15, 0.2) is 0 Å². The molecular formula is C14H26BN3O2. The van der Waals surface area contributed by atoms with Crippen LogP contribution in [0.3, 0.4) is 0 Å². The number of nitrogens with one attached hydrogen (secondary N) is 1. The van der Waals surface area contributed by atoms with Crippen molar-refractivity contribution in [3.8, 4) is 0 Å². The molecule has 0 aliphatic heterocycles. The summed E-state index contributed by atoms with van der Waals surface area (Å²) in [5.41, 5.74) is 5.44. The van der Waals surface area contributed by atoms with E-state index in [2.05, 4.69) is 5.32 Å². The molecule has 0 aromatic heterocycles. The monoisotopic (exact) mass is 279 g/mol. The highest BCUT2D eigenvalue weighted by Gasteiger charge is 2.16. The third kappa shape index (κ3) is 6.41. The first kappa shape index (κ1) is 17.0. The van der Waals surface area contributed by atoms with Gasteiger partial charge in [-0.05, 0) is 25.1 Å². The minimum atomic E-state index is -0.236. The lowest BCUT2D eigenvalue weighted by molar-refractivity contribution is -0.134. The van der Waals surface area contributed by atoms with Gasteiger partial charge in [-0.2, -0.15) is 0 Å². The molecule has 2 amide bonds. The number of amides is 2. The Morgan fingerprint density at radius 1 is 1.20 bits per heavy atom. The standard InChI is InChI=1S/C14H26BN3O2/c15-9-14(20)18(8-7-16)11-13(19)17-10-12-5-3-1-2-4-6-12/h12H,1-11,16H2,(H,17,19). The van der Waals surface area contributed by atoms with Gasteiger partial charge in [-0.1, -0.05) is 25.7 Å². The van der Waals surface area contributed by atoms with Crippen LogP contribution in [0.25, 0.3) is 0 Å². The Kier molecular flexibility index (Phi) is 8.34. The molecule has 0 aromatic carbocycles. The number of hydrogen-bond acceptors (Lipinski definition) is 3. The van der Waals surface area contributed by atoms with E-state index >= 15 is 0 Å². The molecule has 1 saturated carbocycles. The van der Waals surface area contributed by atoms with Crippen molar-refractivity contribution in [2.24, 2.45) is 11.7 Å². The molecule has 0 atom stereocenters. The largest absolute Gasteiger partial charge is 0.354 e. The van der Waals surface area contributed by atoms with Crippen molar-refractivity contribution < 1.29 is 9.59 Å². The van der Waals surface area contributed by atoms with E-state index in [1.165, 1.54) is 43.4 Å². The molecule has 0 saturated heterocycles. The molecule has 0 unspecified atom stereocenters. The van der Waals surface area contributed by atoms with Crippen molar-refractivity contribution in [2.45, 2.75) is 44.8 Å². The Balaban J connectivity index is 2.31. The summed E-state index contributed by atoms with van der Waals surface area (Å²) in [6.45, 7) is 1.47. The molecule has 112 valence electrons. The van der Waals surface area contributed by atoms with Gasteiger partial charge < -0.3 is 16.0 Å². The summed E-state index contributed by atoms with van der Waals surface area (Å²) in [5, 5.41) is 2.93. The van der Waals surface area contributed by atoms with Crippen LogP contribution in [0.1, 0.15) is 38.5 Å². The molecule has 6 heteroatoms. The molecule has 5 nitrogen and oxygen atoms in total. The molecule has 0 spiro atoms. The molecule has 20 heavy (non-hydrogen) atoms. The van der Waals surface area contributed by atoms with Crippen molar-refractivity contribution >= 4 is 19.7 Å². The lowest BCUT2D eigenvalue weighted by Gasteiger charge is -2.22. The SMILES string of the molecule is [B]CC(=O)N(CCN)CC(=O)NCC1CCCCCC1. The fourth-order valence-electron chi connectivity index (χ4n) is 2.63. The van der Waals surface area contributed by atoms with E-state index in [1.807, 2.05) is 0 Å². The van der Waals surface area contributed by atoms with Crippen molar-refractivity contribution in [2.75, 3.05) is 26.2 Å². The highest BCUT2D eigenvalue weighted by molar-refractivity contribution is 6.19. The molecule has 1 fully saturated rings. The molecule has 0 aromatic rings. The minimum Gasteiger partial charge on any atom is -0.354 e. The zero-order valence-corrected chi connectivity index (χ0v) is 12.3. The second-order valence-electron chi connectivity index (χ2n) is 5.47. The smallest absolute Gasteiger partial charge is 0.239 e. The highest BCUT2D eigenvalue weighted by Crippen LogP contribution is 2.21. The number of rotatable bonds is 7. The first-order chi connectivity index (χ1) is 9.67. The molecule has 1 rings (SSSR count). The highest BCUT2D eigenvalue weighted by atomic mass is 16.2. The van der Waals surface area contributed by atoms with Crippen LogP contribution in [0.2, 0.25) is 6.32 Å². The topological polar surface area (TPSA) is 75.4 Å². The number of nitrogens with two attached hydrogens (primary N) is 1. The molecule has 0 bridgehead atoms. The van der Waals surface area contributed by atoms with Crippen LogP contribution in [0.4, 0.5) is 0 Å². The number of hydrogen-bond donors (Lipinski definition) is 2. The van der Waals surface area contributed by atoms with Crippen molar-refractivity contribution in [1.29, 1.82) is 0 Å². The van der Waals surface area contributed by atoms with Crippen LogP contribution >= 0.6 is 0 Å². The van der Waals surface area contributed by atoms with Crippen LogP contribution < -0.4 is 11.1 Å². The summed E-state index contributed by atoms with van der Waals surface area (Å²) < 4.78 is 0. The van der Waals surface area contributed by atoms with E-state index in [9.17, 15) is 9.59 Å². The predicted molar refractivity (Wildman–Crippen MR) is 80.4 cm³/mol. The van der Waals surface area contributed by atoms with Gasteiger partial charge in [-0.15, -0.1) is 0 Å². The van der Waals surface area contributed by atoms with Gasteiger partial charge >= 0.3 is 0 Å². The maximum absolute atomic E-state index is 11.9. The van der Waals surface area contributed by atoms with Crippen molar-refractivity contribution in [3.05, 3.63) is 0 Å². The summed E-state index contributed by atoms with van der Waals surface area (Å²) >= 11 is 0. The number of carbonyl (C=O) groups is 2. The Morgan fingerprint density at radius 2 is 1.85 bits per heavy atom. The van der Waals surface area contributed by atoms with Crippen LogP contribution in [-0.4, -0.2) is 50.7 Å². The Bertz CT molecular complexity index is 305. The average Bonchev–Trinajstić information content (AvgIpc) is 2.72. The fourth-order valence-corrected chi connectivity index (χ4v) is 2.63. The van der Waals surface area contributed by atoms with Gasteiger partial charge in [0, 0.05) is 19.6 Å². The van der Waals surface area contributed by atoms with Gasteiger partial charge in [0.05, 0.1) is 14.4 Å². The van der Waals surface area contributed by atoms with E-state index in [0.29, 0.717) is 25.6 Å². The molecular weight excluding hydrogens is 253 g/mol. The average molecular weight is 279 g/mol. The summed E-state index contributed by atoms with van der Waals surface area (Å²) in [7, 11) is 5.32. The first-order valence-electron chi connectivity index (χ1n) is 7.62.